The second-order valence-corrected chi connectivity index (χ2v) is 8.54. The van der Waals surface area contributed by atoms with Crippen molar-refractivity contribution in [2.45, 2.75) is 44.6 Å². The molecule has 0 aromatic carbocycles. The van der Waals surface area contributed by atoms with Gasteiger partial charge in [-0.2, -0.15) is 5.26 Å². The highest BCUT2D eigenvalue weighted by Crippen LogP contribution is 2.40. The fourth-order valence-corrected chi connectivity index (χ4v) is 4.90. The highest BCUT2D eigenvalue weighted by molar-refractivity contribution is 5.93. The minimum absolute atomic E-state index is 0.0121. The molecule has 1 spiro atoms. The number of nitriles is 1. The maximum atomic E-state index is 12.9. The summed E-state index contributed by atoms with van der Waals surface area (Å²) in [7, 11) is 1.80. The third-order valence-corrected chi connectivity index (χ3v) is 6.66. The van der Waals surface area contributed by atoms with Gasteiger partial charge in [-0.1, -0.05) is 0 Å². The van der Waals surface area contributed by atoms with E-state index in [-0.39, 0.29) is 23.3 Å². The Balaban J connectivity index is 1.38. The zero-order chi connectivity index (χ0) is 19.7. The summed E-state index contributed by atoms with van der Waals surface area (Å²) < 4.78 is 7.46. The first-order chi connectivity index (χ1) is 13.5. The molecule has 0 N–H and O–H groups in total. The number of carbonyl (C=O) groups is 2. The molecule has 0 radical (unpaired) electrons. The van der Waals surface area contributed by atoms with Gasteiger partial charge in [-0.3, -0.25) is 9.59 Å². The third-order valence-electron chi connectivity index (χ3n) is 6.66. The number of likely N-dealkylation sites (tertiary alicyclic amines) is 2. The molecule has 28 heavy (non-hydrogen) atoms. The van der Waals surface area contributed by atoms with Crippen LogP contribution in [0.25, 0.3) is 0 Å². The van der Waals surface area contributed by atoms with Crippen LogP contribution in [-0.2, 0) is 16.6 Å². The molecule has 3 aliphatic rings. The summed E-state index contributed by atoms with van der Waals surface area (Å²) in [6, 6.07) is 3.75. The molecule has 7 nitrogen and oxygen atoms in total. The maximum absolute atomic E-state index is 12.9. The fraction of sp³-hybridized carbons (Fsp3) is 0.667. The molecule has 0 bridgehead atoms. The number of nitrogens with zero attached hydrogens (tertiary/aromatic N) is 4. The molecule has 0 saturated carbocycles. The lowest BCUT2D eigenvalue weighted by atomic mass is 9.72. The van der Waals surface area contributed by atoms with Crippen molar-refractivity contribution < 1.29 is 14.3 Å². The number of aryl methyl sites for hydroxylation is 1. The molecule has 3 aliphatic heterocycles. The quantitative estimate of drug-likeness (QED) is 0.798. The molecule has 2 amide bonds. The van der Waals surface area contributed by atoms with E-state index in [2.05, 4.69) is 6.07 Å². The van der Waals surface area contributed by atoms with Crippen LogP contribution in [0, 0.1) is 16.7 Å². The van der Waals surface area contributed by atoms with E-state index in [1.807, 2.05) is 9.80 Å². The minimum Gasteiger partial charge on any atom is -0.376 e. The first kappa shape index (κ1) is 19.0. The molecule has 1 aromatic heterocycles. The fourth-order valence-electron chi connectivity index (χ4n) is 4.90. The average Bonchev–Trinajstić information content (AvgIpc) is 3.34. The number of carbonyl (C=O) groups excluding carboxylic acids is 2. The van der Waals surface area contributed by atoms with Crippen molar-refractivity contribution in [2.75, 3.05) is 32.8 Å². The van der Waals surface area contributed by atoms with E-state index in [4.69, 9.17) is 10.00 Å². The van der Waals surface area contributed by atoms with Crippen molar-refractivity contribution in [3.63, 3.8) is 0 Å². The summed E-state index contributed by atoms with van der Waals surface area (Å²) in [5, 5.41) is 9.05. The zero-order valence-electron chi connectivity index (χ0n) is 16.5. The molecule has 4 heterocycles. The van der Waals surface area contributed by atoms with Crippen LogP contribution in [0.4, 0.5) is 0 Å². The van der Waals surface area contributed by atoms with E-state index < -0.39 is 0 Å². The molecule has 3 fully saturated rings. The number of ether oxygens (including phenoxy) is 1. The van der Waals surface area contributed by atoms with E-state index in [1.54, 1.807) is 23.9 Å². The van der Waals surface area contributed by atoms with Gasteiger partial charge in [-0.05, 0) is 43.6 Å². The molecule has 0 aliphatic carbocycles. The highest BCUT2D eigenvalue weighted by atomic mass is 16.5. The van der Waals surface area contributed by atoms with Crippen molar-refractivity contribution >= 4 is 11.8 Å². The van der Waals surface area contributed by atoms with Crippen LogP contribution in [0.1, 0.15) is 54.6 Å². The van der Waals surface area contributed by atoms with Gasteiger partial charge < -0.3 is 19.1 Å². The summed E-state index contributed by atoms with van der Waals surface area (Å²) in [6.45, 7) is 3.71. The Morgan fingerprint density at radius 3 is 2.79 bits per heavy atom. The second-order valence-electron chi connectivity index (χ2n) is 8.54. The molecule has 7 heteroatoms. The predicted octanol–water partition coefficient (Wildman–Crippen LogP) is 1.92. The number of amides is 2. The van der Waals surface area contributed by atoms with E-state index in [9.17, 15) is 9.59 Å². The largest absolute Gasteiger partial charge is 0.376 e. The van der Waals surface area contributed by atoms with E-state index in [0.29, 0.717) is 37.3 Å². The smallest absolute Gasteiger partial charge is 0.270 e. The predicted molar refractivity (Wildman–Crippen MR) is 102 cm³/mol. The SMILES string of the molecule is Cn1cc(C#N)cc1C(=O)N1CCC2(CCC(=O)N(CC3CCCO3)C2)CC1. The van der Waals surface area contributed by atoms with Gasteiger partial charge in [0.25, 0.3) is 5.91 Å². The van der Waals surface area contributed by atoms with Crippen LogP contribution >= 0.6 is 0 Å². The van der Waals surface area contributed by atoms with Gasteiger partial charge in [0.05, 0.1) is 11.7 Å². The van der Waals surface area contributed by atoms with Crippen LogP contribution in [0.5, 0.6) is 0 Å². The molecular weight excluding hydrogens is 356 g/mol. The van der Waals surface area contributed by atoms with E-state index in [0.717, 1.165) is 45.3 Å². The molecule has 1 atom stereocenters. The minimum atomic E-state index is -0.0121. The van der Waals surface area contributed by atoms with E-state index >= 15 is 0 Å². The third kappa shape index (κ3) is 3.66. The maximum Gasteiger partial charge on any atom is 0.270 e. The van der Waals surface area contributed by atoms with Crippen LogP contribution in [0.3, 0.4) is 0 Å². The Hall–Kier alpha value is -2.33. The number of piperidine rings is 2. The van der Waals surface area contributed by atoms with Gasteiger partial charge in [-0.15, -0.1) is 0 Å². The average molecular weight is 384 g/mol. The monoisotopic (exact) mass is 384 g/mol. The van der Waals surface area contributed by atoms with Crippen LogP contribution in [0.2, 0.25) is 0 Å². The lowest BCUT2D eigenvalue weighted by Gasteiger charge is -2.47. The summed E-state index contributed by atoms with van der Waals surface area (Å²) in [4.78, 5) is 29.2. The number of aromatic nitrogens is 1. The Morgan fingerprint density at radius 2 is 2.14 bits per heavy atom. The second kappa shape index (κ2) is 7.59. The molecule has 1 aromatic rings. The van der Waals surface area contributed by atoms with Crippen molar-refractivity contribution in [2.24, 2.45) is 12.5 Å². The van der Waals surface area contributed by atoms with E-state index in [1.165, 1.54) is 0 Å². The first-order valence-electron chi connectivity index (χ1n) is 10.2. The van der Waals surface area contributed by atoms with Gasteiger partial charge in [-0.25, -0.2) is 0 Å². The topological polar surface area (TPSA) is 78.6 Å². The normalized spacial score (nSPS) is 24.6. The highest BCUT2D eigenvalue weighted by Gasteiger charge is 2.42. The Labute approximate surface area is 165 Å². The van der Waals surface area contributed by atoms with Crippen molar-refractivity contribution in [3.8, 4) is 6.07 Å². The number of hydrogen-bond donors (Lipinski definition) is 0. The van der Waals surface area contributed by atoms with Crippen molar-refractivity contribution in [1.29, 1.82) is 5.26 Å². The van der Waals surface area contributed by atoms with Crippen molar-refractivity contribution in [3.05, 3.63) is 23.5 Å². The van der Waals surface area contributed by atoms with Crippen LogP contribution in [-0.4, -0.2) is 65.1 Å². The van der Waals surface area contributed by atoms with Crippen LogP contribution < -0.4 is 0 Å². The lowest BCUT2D eigenvalue weighted by molar-refractivity contribution is -0.141. The number of hydrogen-bond acceptors (Lipinski definition) is 4. The van der Waals surface area contributed by atoms with Crippen LogP contribution in [0.15, 0.2) is 12.3 Å². The zero-order valence-corrected chi connectivity index (χ0v) is 16.5. The Kier molecular flexibility index (Phi) is 5.15. The lowest BCUT2D eigenvalue weighted by Crippen LogP contribution is -2.53. The molecular formula is C21H28N4O3. The summed E-state index contributed by atoms with van der Waals surface area (Å²) >= 11 is 0. The summed E-state index contributed by atoms with van der Waals surface area (Å²) in [5.74, 6) is 0.231. The summed E-state index contributed by atoms with van der Waals surface area (Å²) in [5.41, 5.74) is 1.19. The number of rotatable bonds is 3. The van der Waals surface area contributed by atoms with Gasteiger partial charge in [0.15, 0.2) is 0 Å². The Morgan fingerprint density at radius 1 is 1.36 bits per heavy atom. The van der Waals surface area contributed by atoms with Gasteiger partial charge >= 0.3 is 0 Å². The Bertz CT molecular complexity index is 795. The molecule has 1 unspecified atom stereocenters. The molecule has 3 saturated heterocycles. The first-order valence-corrected chi connectivity index (χ1v) is 10.2. The molecule has 150 valence electrons. The van der Waals surface area contributed by atoms with Crippen molar-refractivity contribution in [1.82, 2.24) is 14.4 Å². The van der Waals surface area contributed by atoms with Gasteiger partial charge in [0.1, 0.15) is 11.8 Å². The van der Waals surface area contributed by atoms with Gasteiger partial charge in [0.2, 0.25) is 5.91 Å². The molecule has 4 rings (SSSR count). The summed E-state index contributed by atoms with van der Waals surface area (Å²) in [6.07, 6.45) is 7.36. The standard InChI is InChI=1S/C21H28N4O3/c1-23-13-16(12-22)11-18(23)20(27)24-8-6-21(7-9-24)5-4-19(26)25(15-21)14-17-3-2-10-28-17/h11,13,17H,2-10,14-15H2,1H3. The van der Waals surface area contributed by atoms with Gasteiger partial charge in [0, 0.05) is 52.5 Å².